The molecule has 0 saturated carbocycles. The first-order valence-electron chi connectivity index (χ1n) is 7.64. The van der Waals surface area contributed by atoms with E-state index in [1.807, 2.05) is 49.4 Å². The molecule has 24 heavy (non-hydrogen) atoms. The molecule has 1 aromatic heterocycles. The quantitative estimate of drug-likeness (QED) is 0.662. The zero-order valence-electron chi connectivity index (χ0n) is 13.5. The van der Waals surface area contributed by atoms with Crippen molar-refractivity contribution in [3.8, 4) is 11.1 Å². The van der Waals surface area contributed by atoms with E-state index < -0.39 is 5.97 Å². The number of carbonyl (C=O) groups excluding carboxylic acids is 1. The molecule has 0 radical (unpaired) electrons. The molecule has 5 heteroatoms. The Morgan fingerprint density at radius 1 is 1.21 bits per heavy atom. The highest BCUT2D eigenvalue weighted by molar-refractivity contribution is 9.10. The van der Waals surface area contributed by atoms with Gasteiger partial charge >= 0.3 is 5.97 Å². The van der Waals surface area contributed by atoms with Crippen LogP contribution < -0.4 is 5.73 Å². The van der Waals surface area contributed by atoms with Crippen molar-refractivity contribution in [3.05, 3.63) is 58.1 Å². The number of nitrogens with two attached hydrogens (primary N) is 1. The molecule has 0 fully saturated rings. The number of nitrogen functional groups attached to an aromatic ring is 1. The number of fused-ring (bicyclic) bond motifs is 1. The van der Waals surface area contributed by atoms with Gasteiger partial charge in [-0.1, -0.05) is 45.8 Å². The summed E-state index contributed by atoms with van der Waals surface area (Å²) < 4.78 is 6.11. The summed E-state index contributed by atoms with van der Waals surface area (Å²) in [6, 6.07) is 13.7. The fourth-order valence-corrected chi connectivity index (χ4v) is 3.05. The van der Waals surface area contributed by atoms with Crippen LogP contribution in [-0.4, -0.2) is 17.6 Å². The third kappa shape index (κ3) is 2.99. The van der Waals surface area contributed by atoms with Gasteiger partial charge in [-0.05, 0) is 37.6 Å². The third-order valence-electron chi connectivity index (χ3n) is 3.79. The molecule has 0 atom stereocenters. The van der Waals surface area contributed by atoms with Crippen molar-refractivity contribution in [1.29, 1.82) is 0 Å². The smallest absolute Gasteiger partial charge is 0.342 e. The van der Waals surface area contributed by atoms with E-state index in [0.717, 1.165) is 32.1 Å². The summed E-state index contributed by atoms with van der Waals surface area (Å²) in [5, 5.41) is 0.852. The zero-order valence-corrected chi connectivity index (χ0v) is 15.1. The predicted molar refractivity (Wildman–Crippen MR) is 100.0 cm³/mol. The summed E-state index contributed by atoms with van der Waals surface area (Å²) in [5.41, 5.74) is 9.94. The van der Waals surface area contributed by atoms with E-state index in [1.165, 1.54) is 0 Å². The highest BCUT2D eigenvalue weighted by atomic mass is 79.9. The predicted octanol–water partition coefficient (Wildman–Crippen LogP) is 4.73. The monoisotopic (exact) mass is 384 g/mol. The Bertz CT molecular complexity index is 921. The van der Waals surface area contributed by atoms with Crippen LogP contribution >= 0.6 is 15.9 Å². The molecule has 0 bridgehead atoms. The second-order valence-corrected chi connectivity index (χ2v) is 6.41. The number of pyridine rings is 1. The fourth-order valence-electron chi connectivity index (χ4n) is 2.68. The van der Waals surface area contributed by atoms with Crippen molar-refractivity contribution in [2.75, 3.05) is 12.3 Å². The minimum atomic E-state index is -0.458. The van der Waals surface area contributed by atoms with E-state index in [9.17, 15) is 4.79 Å². The molecule has 4 nitrogen and oxygen atoms in total. The summed E-state index contributed by atoms with van der Waals surface area (Å²) in [7, 11) is 0. The fraction of sp³-hybridized carbons (Fsp3) is 0.158. The zero-order chi connectivity index (χ0) is 17.3. The van der Waals surface area contributed by atoms with Crippen LogP contribution in [0, 0.1) is 6.92 Å². The average Bonchev–Trinajstić information content (AvgIpc) is 2.55. The van der Waals surface area contributed by atoms with Crippen LogP contribution in [0.4, 0.5) is 5.82 Å². The number of benzene rings is 2. The number of aromatic nitrogens is 1. The van der Waals surface area contributed by atoms with E-state index in [4.69, 9.17) is 10.5 Å². The number of esters is 1. The normalized spacial score (nSPS) is 10.8. The Kier molecular flexibility index (Phi) is 4.53. The van der Waals surface area contributed by atoms with Crippen LogP contribution in [-0.2, 0) is 4.74 Å². The van der Waals surface area contributed by atoms with Gasteiger partial charge in [0.1, 0.15) is 11.4 Å². The molecule has 0 aliphatic rings. The van der Waals surface area contributed by atoms with Gasteiger partial charge in [-0.2, -0.15) is 0 Å². The number of halogens is 1. The second kappa shape index (κ2) is 6.61. The highest BCUT2D eigenvalue weighted by Gasteiger charge is 2.22. The number of rotatable bonds is 3. The number of anilines is 1. The first-order chi connectivity index (χ1) is 11.5. The van der Waals surface area contributed by atoms with Crippen molar-refractivity contribution in [3.63, 3.8) is 0 Å². The maximum absolute atomic E-state index is 12.5. The molecule has 0 saturated heterocycles. The maximum Gasteiger partial charge on any atom is 0.342 e. The molecular weight excluding hydrogens is 368 g/mol. The van der Waals surface area contributed by atoms with Crippen molar-refractivity contribution >= 4 is 38.6 Å². The van der Waals surface area contributed by atoms with Gasteiger partial charge in [0.2, 0.25) is 0 Å². The molecule has 0 aliphatic heterocycles. The van der Waals surface area contributed by atoms with Gasteiger partial charge < -0.3 is 10.5 Å². The van der Waals surface area contributed by atoms with Crippen LogP contribution in [0.1, 0.15) is 22.8 Å². The van der Waals surface area contributed by atoms with Gasteiger partial charge in [0.05, 0.1) is 12.1 Å². The summed E-state index contributed by atoms with van der Waals surface area (Å²) in [6.07, 6.45) is 0. The lowest BCUT2D eigenvalue weighted by Gasteiger charge is -2.15. The Balaban J connectivity index is 2.39. The lowest BCUT2D eigenvalue weighted by atomic mass is 9.95. The molecule has 2 aromatic carbocycles. The molecule has 0 spiro atoms. The van der Waals surface area contributed by atoms with Gasteiger partial charge in [-0.15, -0.1) is 0 Å². The minimum absolute atomic E-state index is 0.179. The van der Waals surface area contributed by atoms with Gasteiger partial charge in [0.15, 0.2) is 0 Å². The van der Waals surface area contributed by atoms with Crippen LogP contribution in [0.15, 0.2) is 46.9 Å². The molecule has 122 valence electrons. The van der Waals surface area contributed by atoms with Crippen LogP contribution in [0.5, 0.6) is 0 Å². The minimum Gasteiger partial charge on any atom is -0.462 e. The van der Waals surface area contributed by atoms with E-state index in [2.05, 4.69) is 20.9 Å². The number of carbonyl (C=O) groups is 1. The highest BCUT2D eigenvalue weighted by Crippen LogP contribution is 2.36. The Labute approximate surface area is 148 Å². The lowest BCUT2D eigenvalue weighted by molar-refractivity contribution is 0.0528. The third-order valence-corrected chi connectivity index (χ3v) is 4.29. The van der Waals surface area contributed by atoms with Crippen molar-refractivity contribution in [1.82, 2.24) is 4.98 Å². The van der Waals surface area contributed by atoms with Gasteiger partial charge in [0.25, 0.3) is 0 Å². The summed E-state index contributed by atoms with van der Waals surface area (Å²) >= 11 is 3.49. The Morgan fingerprint density at radius 2 is 1.92 bits per heavy atom. The lowest BCUT2D eigenvalue weighted by Crippen LogP contribution is -2.12. The molecule has 0 unspecified atom stereocenters. The summed E-state index contributed by atoms with van der Waals surface area (Å²) in [5.74, 6) is -0.279. The first-order valence-corrected chi connectivity index (χ1v) is 8.43. The van der Waals surface area contributed by atoms with E-state index in [1.54, 1.807) is 6.92 Å². The molecule has 2 N–H and O–H groups in total. The van der Waals surface area contributed by atoms with Gasteiger partial charge in [0, 0.05) is 15.4 Å². The van der Waals surface area contributed by atoms with Crippen molar-refractivity contribution in [2.45, 2.75) is 13.8 Å². The molecule has 3 aromatic rings. The summed E-state index contributed by atoms with van der Waals surface area (Å²) in [6.45, 7) is 4.07. The molecular formula is C19H17BrN2O2. The molecule has 3 rings (SSSR count). The topological polar surface area (TPSA) is 65.2 Å². The van der Waals surface area contributed by atoms with Crippen LogP contribution in [0.3, 0.4) is 0 Å². The standard InChI is InChI=1S/C19H17BrN2O2/c1-3-24-19(23)17-16(12-6-4-11(2)5-7-12)14-10-13(20)8-9-15(14)22-18(17)21/h4-10H,3H2,1-2H3,(H2,21,22). The van der Waals surface area contributed by atoms with E-state index >= 15 is 0 Å². The summed E-state index contributed by atoms with van der Waals surface area (Å²) in [4.78, 5) is 16.9. The Morgan fingerprint density at radius 3 is 2.58 bits per heavy atom. The maximum atomic E-state index is 12.5. The van der Waals surface area contributed by atoms with Crippen LogP contribution in [0.2, 0.25) is 0 Å². The number of nitrogens with zero attached hydrogens (tertiary/aromatic N) is 1. The first kappa shape index (κ1) is 16.5. The number of aryl methyl sites for hydroxylation is 1. The van der Waals surface area contributed by atoms with Crippen LogP contribution in [0.25, 0.3) is 22.0 Å². The largest absolute Gasteiger partial charge is 0.462 e. The number of hydrogen-bond acceptors (Lipinski definition) is 4. The van der Waals surface area contributed by atoms with E-state index in [0.29, 0.717) is 5.56 Å². The van der Waals surface area contributed by atoms with Crippen molar-refractivity contribution in [2.24, 2.45) is 0 Å². The number of ether oxygens (including phenoxy) is 1. The molecule has 1 heterocycles. The molecule has 0 aliphatic carbocycles. The average molecular weight is 385 g/mol. The number of hydrogen-bond donors (Lipinski definition) is 1. The van der Waals surface area contributed by atoms with Gasteiger partial charge in [-0.25, -0.2) is 9.78 Å². The van der Waals surface area contributed by atoms with Crippen molar-refractivity contribution < 1.29 is 9.53 Å². The van der Waals surface area contributed by atoms with Gasteiger partial charge in [-0.3, -0.25) is 0 Å². The Hall–Kier alpha value is -2.40. The SMILES string of the molecule is CCOC(=O)c1c(N)nc2ccc(Br)cc2c1-c1ccc(C)cc1. The second-order valence-electron chi connectivity index (χ2n) is 5.50. The van der Waals surface area contributed by atoms with E-state index in [-0.39, 0.29) is 12.4 Å². The molecule has 0 amide bonds.